The molecule has 0 nitrogen and oxygen atoms in total. The van der Waals surface area contributed by atoms with E-state index in [0.29, 0.717) is 5.92 Å². The average molecular weight is 706 g/mol. The first-order valence-corrected chi connectivity index (χ1v) is 18.4. The standard InChI is InChI=1S/C13H9.C13H13.2C10H13.CH2.Zr/c1-3-7-12-10(5-1)9-11-6-2-4-8-13(11)12;1-10-8-11(2)13(9-10)12-6-4-3-5-7-12;2*1-10(2,3)9-7-5-4-6-8-9;;/h1-5,7-8H,9H2;3-7,9-10H,1-2H3;2*5-8H,1-3H3;1H2;/q4*-1;;. The Bertz CT molecular complexity index is 1640. The van der Waals surface area contributed by atoms with Gasteiger partial charge in [0.1, 0.15) is 0 Å². The topological polar surface area (TPSA) is 0 Å². The van der Waals surface area contributed by atoms with Gasteiger partial charge < -0.3 is 0 Å². The van der Waals surface area contributed by atoms with Crippen LogP contribution in [-0.2, 0) is 41.5 Å². The average Bonchev–Trinajstić information content (AvgIpc) is 3.65. The molecule has 48 heavy (non-hydrogen) atoms. The molecule has 246 valence electrons. The summed E-state index contributed by atoms with van der Waals surface area (Å²) in [7, 11) is 0. The van der Waals surface area contributed by atoms with E-state index in [1.807, 2.05) is 36.4 Å². The molecule has 0 saturated carbocycles. The number of hydrogen-bond donors (Lipinski definition) is 0. The second-order valence-electron chi connectivity index (χ2n) is 14.0. The van der Waals surface area contributed by atoms with Crippen LogP contribution in [0.3, 0.4) is 0 Å². The summed E-state index contributed by atoms with van der Waals surface area (Å²) >= 11 is 1.30. The Kier molecular flexibility index (Phi) is 15.2. The van der Waals surface area contributed by atoms with Gasteiger partial charge in [-0.3, -0.25) is 6.08 Å². The van der Waals surface area contributed by atoms with E-state index in [-0.39, 0.29) is 10.8 Å². The van der Waals surface area contributed by atoms with E-state index in [1.165, 1.54) is 74.3 Å². The van der Waals surface area contributed by atoms with Crippen LogP contribution < -0.4 is 0 Å². The molecule has 0 aromatic heterocycles. The summed E-state index contributed by atoms with van der Waals surface area (Å²) in [5, 5.41) is 0. The zero-order valence-electron chi connectivity index (χ0n) is 30.1. The molecule has 0 N–H and O–H groups in total. The molecule has 7 rings (SSSR count). The van der Waals surface area contributed by atoms with Crippen molar-refractivity contribution >= 4 is 9.78 Å². The molecule has 5 aromatic rings. The van der Waals surface area contributed by atoms with E-state index in [1.54, 1.807) is 0 Å². The number of fused-ring (bicyclic) bond motifs is 3. The molecule has 5 aromatic carbocycles. The number of allylic oxidation sites excluding steroid dienone is 4. The largest absolute Gasteiger partial charge is 0.179 e. The van der Waals surface area contributed by atoms with Crippen LogP contribution in [0.4, 0.5) is 0 Å². The molecule has 0 saturated heterocycles. The molecule has 1 heteroatoms. The van der Waals surface area contributed by atoms with Gasteiger partial charge in [0.15, 0.2) is 0 Å². The molecule has 0 radical (unpaired) electrons. The van der Waals surface area contributed by atoms with Crippen molar-refractivity contribution in [2.75, 3.05) is 0 Å². The molecule has 0 aliphatic heterocycles. The Morgan fingerprint density at radius 1 is 0.625 bits per heavy atom. The van der Waals surface area contributed by atoms with Gasteiger partial charge in [-0.05, 0) is 17.3 Å². The second-order valence-corrected chi connectivity index (χ2v) is 14.0. The predicted octanol–water partition coefficient (Wildman–Crippen LogP) is 12.1. The minimum Gasteiger partial charge on any atom is -0.179 e. The van der Waals surface area contributed by atoms with Crippen LogP contribution in [0.25, 0.3) is 16.7 Å². The van der Waals surface area contributed by atoms with Gasteiger partial charge in [-0.25, -0.2) is 5.57 Å². The van der Waals surface area contributed by atoms with Crippen molar-refractivity contribution in [2.45, 2.75) is 72.6 Å². The van der Waals surface area contributed by atoms with E-state index < -0.39 is 0 Å². The molecule has 2 aliphatic rings. The zero-order valence-corrected chi connectivity index (χ0v) is 32.6. The van der Waals surface area contributed by atoms with Gasteiger partial charge in [0, 0.05) is 0 Å². The molecule has 1 unspecified atom stereocenters. The van der Waals surface area contributed by atoms with Gasteiger partial charge >= 0.3 is 28.4 Å². The number of rotatable bonds is 1. The summed E-state index contributed by atoms with van der Waals surface area (Å²) in [6.45, 7) is 17.6. The van der Waals surface area contributed by atoms with Crippen molar-refractivity contribution in [1.29, 1.82) is 0 Å². The SMILES string of the molecule is CC(C)(C)c1cc[c-]cc1.CC(C)(C)c1cc[c-]cc1.CC1=[C-]C(C)C=C1c1ccccc1.[CH2]=[Zr].[c-]1cccc2c1Cc1ccccc1-2. The molecule has 0 heterocycles. The smallest absolute Gasteiger partial charge is 0.0253 e. The van der Waals surface area contributed by atoms with E-state index in [9.17, 15) is 0 Å². The zero-order chi connectivity index (χ0) is 35.2. The molecule has 0 fully saturated rings. The molecular weight excluding hydrogens is 656 g/mol. The molecule has 0 bridgehead atoms. The summed E-state index contributed by atoms with van der Waals surface area (Å²) in [5.41, 5.74) is 12.7. The fourth-order valence-electron chi connectivity index (χ4n) is 5.54. The Balaban J connectivity index is 0.000000172. The van der Waals surface area contributed by atoms with Crippen molar-refractivity contribution in [3.8, 4) is 11.1 Å². The minimum atomic E-state index is 0.273. The third-order valence-electron chi connectivity index (χ3n) is 8.13. The van der Waals surface area contributed by atoms with Crippen LogP contribution in [0.1, 0.15) is 83.2 Å². The van der Waals surface area contributed by atoms with Crippen molar-refractivity contribution in [1.82, 2.24) is 0 Å². The van der Waals surface area contributed by atoms with Gasteiger partial charge in [-0.2, -0.15) is 113 Å². The fourth-order valence-corrected chi connectivity index (χ4v) is 5.54. The molecule has 1 atom stereocenters. The van der Waals surface area contributed by atoms with Crippen molar-refractivity contribution in [3.63, 3.8) is 0 Å². The molecular formula is C47H50Zr-4. The van der Waals surface area contributed by atoms with Crippen LogP contribution in [-0.4, -0.2) is 4.21 Å². The maximum atomic E-state index is 3.39. The molecule has 2 aliphatic carbocycles. The second kappa shape index (κ2) is 18.8. The van der Waals surface area contributed by atoms with Crippen molar-refractivity contribution in [2.24, 2.45) is 5.92 Å². The fraction of sp³-hybridized carbons (Fsp3) is 0.255. The van der Waals surface area contributed by atoms with Crippen LogP contribution in [0.15, 0.2) is 133 Å². The van der Waals surface area contributed by atoms with E-state index in [0.717, 1.165) is 6.42 Å². The van der Waals surface area contributed by atoms with Crippen LogP contribution in [0.5, 0.6) is 0 Å². The van der Waals surface area contributed by atoms with Gasteiger partial charge in [0.05, 0.1) is 0 Å². The normalized spacial score (nSPS) is 13.9. The van der Waals surface area contributed by atoms with E-state index in [2.05, 4.69) is 175 Å². The van der Waals surface area contributed by atoms with E-state index >= 15 is 0 Å². The van der Waals surface area contributed by atoms with Gasteiger partial charge in [-0.1, -0.05) is 127 Å². The van der Waals surface area contributed by atoms with Gasteiger partial charge in [-0.15, -0.1) is 11.1 Å². The first-order valence-electron chi connectivity index (χ1n) is 16.7. The van der Waals surface area contributed by atoms with Crippen LogP contribution in [0.2, 0.25) is 0 Å². The van der Waals surface area contributed by atoms with Crippen LogP contribution in [0, 0.1) is 30.2 Å². The number of hydrogen-bond acceptors (Lipinski definition) is 0. The Morgan fingerprint density at radius 2 is 1.12 bits per heavy atom. The maximum absolute atomic E-state index is 3.39. The van der Waals surface area contributed by atoms with E-state index in [4.69, 9.17) is 0 Å². The molecule has 0 amide bonds. The first kappa shape index (κ1) is 38.8. The monoisotopic (exact) mass is 704 g/mol. The third kappa shape index (κ3) is 11.8. The summed E-state index contributed by atoms with van der Waals surface area (Å²) in [6.07, 6.45) is 6.71. The Hall–Kier alpha value is -3.67. The summed E-state index contributed by atoms with van der Waals surface area (Å²) in [4.78, 5) is 0. The summed E-state index contributed by atoms with van der Waals surface area (Å²) in [5.74, 6) is 0.468. The quantitative estimate of drug-likeness (QED) is 0.149. The minimum absolute atomic E-state index is 0.273. The Labute approximate surface area is 307 Å². The Morgan fingerprint density at radius 3 is 1.60 bits per heavy atom. The summed E-state index contributed by atoms with van der Waals surface area (Å²) in [6, 6.07) is 50.9. The van der Waals surface area contributed by atoms with Gasteiger partial charge in [0.2, 0.25) is 0 Å². The predicted molar refractivity (Wildman–Crippen MR) is 205 cm³/mol. The number of benzene rings is 5. The van der Waals surface area contributed by atoms with Crippen molar-refractivity contribution < 1.29 is 24.2 Å². The third-order valence-corrected chi connectivity index (χ3v) is 8.13. The first-order chi connectivity index (χ1) is 22.9. The summed E-state index contributed by atoms with van der Waals surface area (Å²) < 4.78 is 3.34. The van der Waals surface area contributed by atoms with Gasteiger partial charge in [0.25, 0.3) is 0 Å². The maximum Gasteiger partial charge on any atom is -0.0253 e. The van der Waals surface area contributed by atoms with Crippen LogP contribution >= 0.6 is 0 Å². The van der Waals surface area contributed by atoms with Crippen molar-refractivity contribution in [3.05, 3.63) is 185 Å². The molecule has 0 spiro atoms.